The van der Waals surface area contributed by atoms with Crippen LogP contribution in [0.3, 0.4) is 0 Å². The van der Waals surface area contributed by atoms with E-state index in [4.69, 9.17) is 11.6 Å². The van der Waals surface area contributed by atoms with E-state index in [1.165, 1.54) is 6.42 Å². The summed E-state index contributed by atoms with van der Waals surface area (Å²) in [7, 11) is 0. The van der Waals surface area contributed by atoms with Gasteiger partial charge in [0.25, 0.3) is 0 Å². The highest BCUT2D eigenvalue weighted by atomic mass is 35.5. The van der Waals surface area contributed by atoms with E-state index in [9.17, 15) is 4.79 Å². The maximum absolute atomic E-state index is 12.0. The Morgan fingerprint density at radius 1 is 1.53 bits per heavy atom. The molecule has 0 aromatic carbocycles. The monoisotopic (exact) mass is 252 g/mol. The number of halogens is 1. The molecule has 1 aromatic rings. The van der Waals surface area contributed by atoms with Crippen molar-refractivity contribution < 1.29 is 4.79 Å². The molecule has 0 radical (unpaired) electrons. The second kappa shape index (κ2) is 6.01. The number of carbonyl (C=O) groups excluding carboxylic acids is 1. The Kier molecular flexibility index (Phi) is 4.37. The van der Waals surface area contributed by atoms with Crippen molar-refractivity contribution in [3.8, 4) is 0 Å². The van der Waals surface area contributed by atoms with Crippen molar-refractivity contribution in [1.29, 1.82) is 0 Å². The minimum Gasteiger partial charge on any atom is -0.336 e. The lowest BCUT2D eigenvalue weighted by atomic mass is 9.96. The average molecular weight is 253 g/mol. The van der Waals surface area contributed by atoms with Gasteiger partial charge in [0.2, 0.25) is 5.91 Å². The Labute approximate surface area is 107 Å². The first-order valence-corrected chi connectivity index (χ1v) is 6.61. The van der Waals surface area contributed by atoms with Gasteiger partial charge in [-0.3, -0.25) is 9.78 Å². The molecule has 3 nitrogen and oxygen atoms in total. The Balaban J connectivity index is 2.15. The number of carbonyl (C=O) groups is 1. The summed E-state index contributed by atoms with van der Waals surface area (Å²) < 4.78 is 0. The molecule has 0 spiro atoms. The number of nitrogens with zero attached hydrogens (tertiary/aromatic N) is 2. The van der Waals surface area contributed by atoms with E-state index in [2.05, 4.69) is 4.98 Å². The van der Waals surface area contributed by atoms with Gasteiger partial charge in [-0.1, -0.05) is 6.07 Å². The third-order valence-electron chi connectivity index (χ3n) is 3.20. The molecule has 0 N–H and O–H groups in total. The number of piperidine rings is 1. The molecule has 1 saturated heterocycles. The first-order chi connectivity index (χ1) is 8.33. The number of likely N-dealkylation sites (tertiary alicyclic amines) is 1. The molecule has 0 unspecified atom stereocenters. The standard InChI is InChI=1S/C13H17ClN2O/c14-7-6-13(17)16-9-2-1-5-12(16)11-4-3-8-15-10-11/h3-4,8,10,12H,1-2,5-7,9H2/t12-/m1/s1. The lowest BCUT2D eigenvalue weighted by Crippen LogP contribution is -2.38. The molecule has 1 aliphatic rings. The van der Waals surface area contributed by atoms with Crippen LogP contribution in [0.2, 0.25) is 0 Å². The summed E-state index contributed by atoms with van der Waals surface area (Å²) >= 11 is 5.65. The average Bonchev–Trinajstić information content (AvgIpc) is 2.40. The molecule has 1 atom stereocenters. The van der Waals surface area contributed by atoms with Crippen LogP contribution in [0, 0.1) is 0 Å². The van der Waals surface area contributed by atoms with Crippen LogP contribution in [0.15, 0.2) is 24.5 Å². The number of alkyl halides is 1. The molecule has 17 heavy (non-hydrogen) atoms. The molecule has 2 heterocycles. The third kappa shape index (κ3) is 2.97. The van der Waals surface area contributed by atoms with E-state index in [1.807, 2.05) is 23.2 Å². The van der Waals surface area contributed by atoms with E-state index in [0.29, 0.717) is 12.3 Å². The van der Waals surface area contributed by atoms with Gasteiger partial charge < -0.3 is 4.90 Å². The van der Waals surface area contributed by atoms with Gasteiger partial charge in [0.15, 0.2) is 0 Å². The van der Waals surface area contributed by atoms with Crippen molar-refractivity contribution >= 4 is 17.5 Å². The van der Waals surface area contributed by atoms with Crippen molar-refractivity contribution in [2.45, 2.75) is 31.7 Å². The van der Waals surface area contributed by atoms with Crippen LogP contribution in [0.5, 0.6) is 0 Å². The molecule has 0 aliphatic carbocycles. The number of hydrogen-bond acceptors (Lipinski definition) is 2. The zero-order valence-corrected chi connectivity index (χ0v) is 10.6. The molecule has 0 bridgehead atoms. The highest BCUT2D eigenvalue weighted by Crippen LogP contribution is 2.30. The second-order valence-corrected chi connectivity index (χ2v) is 4.70. The van der Waals surface area contributed by atoms with E-state index >= 15 is 0 Å². The summed E-state index contributed by atoms with van der Waals surface area (Å²) in [6, 6.07) is 4.16. The number of hydrogen-bond donors (Lipinski definition) is 0. The van der Waals surface area contributed by atoms with Gasteiger partial charge in [-0.15, -0.1) is 11.6 Å². The Hall–Kier alpha value is -1.09. The van der Waals surface area contributed by atoms with Crippen LogP contribution >= 0.6 is 11.6 Å². The molecule has 1 fully saturated rings. The van der Waals surface area contributed by atoms with Gasteiger partial charge >= 0.3 is 0 Å². The fourth-order valence-corrected chi connectivity index (χ4v) is 2.54. The largest absolute Gasteiger partial charge is 0.336 e. The summed E-state index contributed by atoms with van der Waals surface area (Å²) in [4.78, 5) is 18.1. The van der Waals surface area contributed by atoms with Crippen LogP contribution in [-0.2, 0) is 4.79 Å². The van der Waals surface area contributed by atoms with Gasteiger partial charge in [-0.05, 0) is 30.9 Å². The van der Waals surface area contributed by atoms with Crippen molar-refractivity contribution in [3.63, 3.8) is 0 Å². The molecular formula is C13H17ClN2O. The van der Waals surface area contributed by atoms with Gasteiger partial charge in [0.05, 0.1) is 6.04 Å². The quantitative estimate of drug-likeness (QED) is 0.775. The van der Waals surface area contributed by atoms with E-state index in [-0.39, 0.29) is 11.9 Å². The molecule has 0 saturated carbocycles. The predicted octanol–water partition coefficient (Wildman–Crippen LogP) is 2.76. The molecule has 92 valence electrons. The van der Waals surface area contributed by atoms with Crippen LogP contribution in [0.1, 0.15) is 37.3 Å². The maximum atomic E-state index is 12.0. The minimum absolute atomic E-state index is 0.161. The van der Waals surface area contributed by atoms with Crippen LogP contribution in [0.4, 0.5) is 0 Å². The molecule has 2 rings (SSSR count). The number of aromatic nitrogens is 1. The lowest BCUT2D eigenvalue weighted by Gasteiger charge is -2.36. The Morgan fingerprint density at radius 3 is 3.12 bits per heavy atom. The van der Waals surface area contributed by atoms with Crippen molar-refractivity contribution in [2.24, 2.45) is 0 Å². The lowest BCUT2D eigenvalue weighted by molar-refractivity contribution is -0.134. The van der Waals surface area contributed by atoms with Crippen LogP contribution in [-0.4, -0.2) is 28.2 Å². The predicted molar refractivity (Wildman–Crippen MR) is 67.9 cm³/mol. The van der Waals surface area contributed by atoms with Gasteiger partial charge in [0.1, 0.15) is 0 Å². The topological polar surface area (TPSA) is 33.2 Å². The SMILES string of the molecule is O=C(CCCl)N1CCCC[C@@H]1c1cccnc1. The Bertz CT molecular complexity index is 369. The first kappa shape index (κ1) is 12.4. The normalized spacial score (nSPS) is 20.3. The third-order valence-corrected chi connectivity index (χ3v) is 3.39. The maximum Gasteiger partial charge on any atom is 0.224 e. The zero-order chi connectivity index (χ0) is 12.1. The highest BCUT2D eigenvalue weighted by Gasteiger charge is 2.27. The highest BCUT2D eigenvalue weighted by molar-refractivity contribution is 6.18. The summed E-state index contributed by atoms with van der Waals surface area (Å²) in [5.41, 5.74) is 1.13. The van der Waals surface area contributed by atoms with E-state index < -0.39 is 0 Å². The fourth-order valence-electron chi connectivity index (χ4n) is 2.37. The summed E-state index contributed by atoms with van der Waals surface area (Å²) in [5, 5.41) is 0. The molecule has 1 amide bonds. The van der Waals surface area contributed by atoms with E-state index in [0.717, 1.165) is 24.9 Å². The molecule has 1 aromatic heterocycles. The summed E-state index contributed by atoms with van der Waals surface area (Å²) in [5.74, 6) is 0.559. The zero-order valence-electron chi connectivity index (χ0n) is 9.81. The first-order valence-electron chi connectivity index (χ1n) is 6.08. The fraction of sp³-hybridized carbons (Fsp3) is 0.538. The summed E-state index contributed by atoms with van der Waals surface area (Å²) in [6.45, 7) is 0.843. The van der Waals surface area contributed by atoms with Crippen molar-refractivity contribution in [1.82, 2.24) is 9.88 Å². The van der Waals surface area contributed by atoms with Gasteiger partial charge in [0, 0.05) is 31.2 Å². The molecule has 4 heteroatoms. The van der Waals surface area contributed by atoms with E-state index in [1.54, 1.807) is 6.20 Å². The van der Waals surface area contributed by atoms with Crippen LogP contribution < -0.4 is 0 Å². The van der Waals surface area contributed by atoms with Gasteiger partial charge in [-0.2, -0.15) is 0 Å². The summed E-state index contributed by atoms with van der Waals surface area (Å²) in [6.07, 6.45) is 7.33. The van der Waals surface area contributed by atoms with Crippen molar-refractivity contribution in [3.05, 3.63) is 30.1 Å². The second-order valence-electron chi connectivity index (χ2n) is 4.32. The smallest absolute Gasteiger partial charge is 0.224 e. The molecular weight excluding hydrogens is 236 g/mol. The van der Waals surface area contributed by atoms with Gasteiger partial charge in [-0.25, -0.2) is 0 Å². The van der Waals surface area contributed by atoms with Crippen molar-refractivity contribution in [2.75, 3.05) is 12.4 Å². The Morgan fingerprint density at radius 2 is 2.41 bits per heavy atom. The number of pyridine rings is 1. The molecule has 1 aliphatic heterocycles. The minimum atomic E-state index is 0.161. The number of amides is 1. The number of rotatable bonds is 3. The van der Waals surface area contributed by atoms with Crippen LogP contribution in [0.25, 0.3) is 0 Å².